The molecule has 1 saturated heterocycles. The molecule has 2 heterocycles. The van der Waals surface area contributed by atoms with E-state index >= 15 is 0 Å². The first-order chi connectivity index (χ1) is 12.8. The Morgan fingerprint density at radius 1 is 1.30 bits per heavy atom. The molecule has 1 aromatic heterocycles. The summed E-state index contributed by atoms with van der Waals surface area (Å²) in [5, 5.41) is 6.29. The Bertz CT molecular complexity index is 824. The monoisotopic (exact) mass is 380 g/mol. The van der Waals surface area contributed by atoms with Gasteiger partial charge in [0, 0.05) is 36.8 Å². The molecule has 27 heavy (non-hydrogen) atoms. The molecule has 4 rings (SSSR count). The number of nitrogens with zero attached hydrogens (tertiary/aromatic N) is 3. The highest BCUT2D eigenvalue weighted by molar-refractivity contribution is 5.94. The van der Waals surface area contributed by atoms with E-state index in [9.17, 15) is 18.0 Å². The van der Waals surface area contributed by atoms with Gasteiger partial charge < -0.3 is 14.7 Å². The molecule has 1 aliphatic heterocycles. The van der Waals surface area contributed by atoms with Crippen molar-refractivity contribution in [2.24, 2.45) is 11.8 Å². The fourth-order valence-electron chi connectivity index (χ4n) is 3.61. The maximum Gasteiger partial charge on any atom is 0.471 e. The third-order valence-corrected chi connectivity index (χ3v) is 5.04. The van der Waals surface area contributed by atoms with Crippen LogP contribution in [0.15, 0.2) is 28.8 Å². The maximum absolute atomic E-state index is 12.5. The number of halogens is 3. The van der Waals surface area contributed by atoms with Crippen LogP contribution in [-0.4, -0.2) is 46.6 Å². The Kier molecular flexibility index (Phi) is 4.41. The third kappa shape index (κ3) is 3.97. The molecule has 0 spiro atoms. The molecule has 1 aromatic carbocycles. The number of hydrogen-bond donors (Lipinski definition) is 1. The van der Waals surface area contributed by atoms with E-state index in [-0.39, 0.29) is 17.8 Å². The van der Waals surface area contributed by atoms with E-state index in [1.54, 1.807) is 0 Å². The van der Waals surface area contributed by atoms with Crippen molar-refractivity contribution in [1.29, 1.82) is 0 Å². The van der Waals surface area contributed by atoms with Crippen LogP contribution in [0.1, 0.15) is 29.6 Å². The van der Waals surface area contributed by atoms with Crippen molar-refractivity contribution in [2.75, 3.05) is 19.6 Å². The number of carbonyl (C=O) groups is 1. The van der Waals surface area contributed by atoms with Crippen LogP contribution in [0.2, 0.25) is 0 Å². The zero-order valence-electron chi connectivity index (χ0n) is 14.7. The lowest BCUT2D eigenvalue weighted by molar-refractivity contribution is -0.159. The van der Waals surface area contributed by atoms with Crippen molar-refractivity contribution in [1.82, 2.24) is 20.4 Å². The van der Waals surface area contributed by atoms with Crippen LogP contribution in [0.4, 0.5) is 13.2 Å². The van der Waals surface area contributed by atoms with E-state index < -0.39 is 12.1 Å². The van der Waals surface area contributed by atoms with Crippen LogP contribution in [0.5, 0.6) is 0 Å². The summed E-state index contributed by atoms with van der Waals surface area (Å²) in [7, 11) is 0. The fourth-order valence-corrected chi connectivity index (χ4v) is 3.61. The summed E-state index contributed by atoms with van der Waals surface area (Å²) in [5.41, 5.74) is 0.768. The lowest BCUT2D eigenvalue weighted by Crippen LogP contribution is -2.41. The number of piperidine rings is 1. The fraction of sp³-hybridized carbons (Fsp3) is 0.500. The van der Waals surface area contributed by atoms with Gasteiger partial charge in [-0.2, -0.15) is 18.2 Å². The predicted molar refractivity (Wildman–Crippen MR) is 89.7 cm³/mol. The summed E-state index contributed by atoms with van der Waals surface area (Å²) in [5.74, 6) is -0.0858. The van der Waals surface area contributed by atoms with Crippen molar-refractivity contribution in [3.8, 4) is 11.4 Å². The average molecular weight is 380 g/mol. The van der Waals surface area contributed by atoms with Crippen molar-refractivity contribution < 1.29 is 22.5 Å². The summed E-state index contributed by atoms with van der Waals surface area (Å²) in [6.07, 6.45) is -3.34. The van der Waals surface area contributed by atoms with Gasteiger partial charge in [-0.1, -0.05) is 17.3 Å². The smallest absolute Gasteiger partial charge is 0.348 e. The Morgan fingerprint density at radius 2 is 1.96 bits per heavy atom. The van der Waals surface area contributed by atoms with Gasteiger partial charge in [0.25, 0.3) is 5.91 Å². The number of fused-ring (bicyclic) bond motifs is 1. The maximum atomic E-state index is 12.5. The third-order valence-electron chi connectivity index (χ3n) is 5.04. The summed E-state index contributed by atoms with van der Waals surface area (Å²) < 4.78 is 41.8. The molecule has 3 atom stereocenters. The van der Waals surface area contributed by atoms with E-state index in [0.29, 0.717) is 11.1 Å². The van der Waals surface area contributed by atoms with E-state index in [1.807, 2.05) is 6.92 Å². The Labute approximate surface area is 153 Å². The first kappa shape index (κ1) is 18.0. The molecule has 2 aliphatic rings. The van der Waals surface area contributed by atoms with Gasteiger partial charge in [-0.25, -0.2) is 0 Å². The minimum Gasteiger partial charge on any atom is -0.348 e. The highest BCUT2D eigenvalue weighted by atomic mass is 19.4. The minimum atomic E-state index is -4.68. The van der Waals surface area contributed by atoms with Gasteiger partial charge in [-0.15, -0.1) is 0 Å². The van der Waals surface area contributed by atoms with E-state index in [2.05, 4.69) is 24.9 Å². The van der Waals surface area contributed by atoms with Gasteiger partial charge in [-0.3, -0.25) is 4.79 Å². The number of rotatable bonds is 5. The molecule has 6 nitrogen and oxygen atoms in total. The number of likely N-dealkylation sites (tertiary alicyclic amines) is 1. The largest absolute Gasteiger partial charge is 0.471 e. The molecular formula is C18H19F3N4O2. The minimum absolute atomic E-state index is 0.0150. The zero-order valence-corrected chi connectivity index (χ0v) is 14.7. The van der Waals surface area contributed by atoms with Gasteiger partial charge >= 0.3 is 12.1 Å². The Morgan fingerprint density at radius 3 is 2.56 bits per heavy atom. The highest BCUT2D eigenvalue weighted by Crippen LogP contribution is 2.44. The number of aromatic nitrogens is 2. The van der Waals surface area contributed by atoms with Crippen molar-refractivity contribution in [3.05, 3.63) is 35.7 Å². The van der Waals surface area contributed by atoms with Crippen molar-refractivity contribution >= 4 is 5.91 Å². The molecule has 1 amide bonds. The molecule has 9 heteroatoms. The highest BCUT2D eigenvalue weighted by Gasteiger charge is 2.45. The molecule has 2 aromatic rings. The summed E-state index contributed by atoms with van der Waals surface area (Å²) in [6, 6.07) is 6.08. The number of hydrogen-bond acceptors (Lipinski definition) is 5. The quantitative estimate of drug-likeness (QED) is 0.864. The van der Waals surface area contributed by atoms with Crippen molar-refractivity contribution in [2.45, 2.75) is 25.6 Å². The molecule has 2 fully saturated rings. The summed E-state index contributed by atoms with van der Waals surface area (Å²) in [4.78, 5) is 18.1. The second-order valence-electron chi connectivity index (χ2n) is 7.35. The molecule has 144 valence electrons. The SMILES string of the molecule is C[C@H](CN1CC2C[C@@H]2C1)NC(=O)c1ccc(-c2noc(C(F)(F)F)n2)cc1. The number of alkyl halides is 3. The van der Waals surface area contributed by atoms with Crippen LogP contribution in [0, 0.1) is 11.8 Å². The molecule has 1 aliphatic carbocycles. The van der Waals surface area contributed by atoms with Crippen LogP contribution in [0.3, 0.4) is 0 Å². The van der Waals surface area contributed by atoms with Crippen LogP contribution < -0.4 is 5.32 Å². The van der Waals surface area contributed by atoms with E-state index in [4.69, 9.17) is 0 Å². The molecular weight excluding hydrogens is 361 g/mol. The molecule has 1 unspecified atom stereocenters. The van der Waals surface area contributed by atoms with Crippen molar-refractivity contribution in [3.63, 3.8) is 0 Å². The van der Waals surface area contributed by atoms with Gasteiger partial charge in [0.1, 0.15) is 0 Å². The predicted octanol–water partition coefficient (Wildman–Crippen LogP) is 2.83. The Balaban J connectivity index is 1.35. The topological polar surface area (TPSA) is 71.3 Å². The molecule has 0 radical (unpaired) electrons. The van der Waals surface area contributed by atoms with Crippen LogP contribution in [0.25, 0.3) is 11.4 Å². The standard InChI is InChI=1S/C18H19F3N4O2/c1-10(7-25-8-13-6-14(13)9-25)22-16(26)12-4-2-11(3-5-12)15-23-17(27-24-15)18(19,20)21/h2-5,10,13-14H,6-9H2,1H3,(H,22,26)/t10-,13-,14?/m1/s1. The number of carbonyl (C=O) groups excluding carboxylic acids is 1. The second kappa shape index (κ2) is 6.63. The van der Waals surface area contributed by atoms with E-state index in [0.717, 1.165) is 31.5 Å². The van der Waals surface area contributed by atoms with Gasteiger partial charge in [0.2, 0.25) is 5.82 Å². The van der Waals surface area contributed by atoms with E-state index in [1.165, 1.54) is 30.7 Å². The first-order valence-corrected chi connectivity index (χ1v) is 8.84. The number of benzene rings is 1. The Hall–Kier alpha value is -2.42. The van der Waals surface area contributed by atoms with Crippen LogP contribution >= 0.6 is 0 Å². The first-order valence-electron chi connectivity index (χ1n) is 8.84. The number of nitrogens with one attached hydrogen (secondary N) is 1. The lowest BCUT2D eigenvalue weighted by atomic mass is 10.1. The summed E-state index contributed by atoms with van der Waals surface area (Å²) in [6.45, 7) is 5.02. The molecule has 0 bridgehead atoms. The number of amides is 1. The lowest BCUT2D eigenvalue weighted by Gasteiger charge is -2.22. The van der Waals surface area contributed by atoms with Gasteiger partial charge in [-0.05, 0) is 37.3 Å². The van der Waals surface area contributed by atoms with Crippen LogP contribution in [-0.2, 0) is 6.18 Å². The molecule has 1 N–H and O–H groups in total. The summed E-state index contributed by atoms with van der Waals surface area (Å²) >= 11 is 0. The average Bonchev–Trinajstić information content (AvgIpc) is 3.01. The zero-order chi connectivity index (χ0) is 19.2. The second-order valence-corrected chi connectivity index (χ2v) is 7.35. The normalized spacial score (nSPS) is 23.1. The van der Waals surface area contributed by atoms with Gasteiger partial charge in [0.05, 0.1) is 0 Å². The molecule has 1 saturated carbocycles. The van der Waals surface area contributed by atoms with Gasteiger partial charge in [0.15, 0.2) is 0 Å².